The molecule has 0 aliphatic carbocycles. The van der Waals surface area contributed by atoms with Crippen LogP contribution in [-0.2, 0) is 20.0 Å². The zero-order chi connectivity index (χ0) is 14.4. The summed E-state index contributed by atoms with van der Waals surface area (Å²) in [6.07, 6.45) is 0.696. The predicted molar refractivity (Wildman–Crippen MR) is 79.0 cm³/mol. The Morgan fingerprint density at radius 3 is 2.70 bits per heavy atom. The predicted octanol–water partition coefficient (Wildman–Crippen LogP) is 2.51. The number of methoxy groups -OCH3 is 2. The van der Waals surface area contributed by atoms with Crippen LogP contribution in [0.25, 0.3) is 0 Å². The van der Waals surface area contributed by atoms with Gasteiger partial charge in [-0.2, -0.15) is 11.8 Å². The van der Waals surface area contributed by atoms with Gasteiger partial charge < -0.3 is 14.2 Å². The summed E-state index contributed by atoms with van der Waals surface area (Å²) in [4.78, 5) is 11.7. The maximum absolute atomic E-state index is 11.7. The van der Waals surface area contributed by atoms with Crippen molar-refractivity contribution >= 4 is 17.7 Å². The van der Waals surface area contributed by atoms with Gasteiger partial charge in [-0.3, -0.25) is 4.79 Å². The average Bonchev–Trinajstić information content (AvgIpc) is 2.80. The van der Waals surface area contributed by atoms with Crippen LogP contribution >= 0.6 is 11.8 Å². The van der Waals surface area contributed by atoms with Crippen molar-refractivity contribution in [3.63, 3.8) is 0 Å². The number of hydrogen-bond donors (Lipinski definition) is 0. The van der Waals surface area contributed by atoms with Gasteiger partial charge in [0.25, 0.3) is 0 Å². The van der Waals surface area contributed by atoms with E-state index in [0.717, 1.165) is 23.7 Å². The molecule has 0 amide bonds. The van der Waals surface area contributed by atoms with Gasteiger partial charge in [-0.15, -0.1) is 0 Å². The van der Waals surface area contributed by atoms with E-state index in [1.54, 1.807) is 26.0 Å². The number of rotatable bonds is 7. The lowest BCUT2D eigenvalue weighted by molar-refractivity contribution is -0.145. The van der Waals surface area contributed by atoms with Crippen LogP contribution in [0.15, 0.2) is 24.3 Å². The van der Waals surface area contributed by atoms with Crippen LogP contribution in [0.2, 0.25) is 0 Å². The molecule has 0 radical (unpaired) electrons. The molecule has 2 rings (SSSR count). The standard InChI is InChI=1S/C15H20O4S/c1-17-8-14-7-12(15(16)19-14)10-20-9-11-3-5-13(18-2)6-4-11/h3-6,12,14H,7-10H2,1-2H3. The molecule has 1 fully saturated rings. The highest BCUT2D eigenvalue weighted by Crippen LogP contribution is 2.26. The van der Waals surface area contributed by atoms with E-state index < -0.39 is 0 Å². The van der Waals surface area contributed by atoms with Crippen LogP contribution in [0.3, 0.4) is 0 Å². The Morgan fingerprint density at radius 2 is 2.05 bits per heavy atom. The first-order chi connectivity index (χ1) is 9.72. The molecule has 2 unspecified atom stereocenters. The van der Waals surface area contributed by atoms with Gasteiger partial charge in [0.05, 0.1) is 19.6 Å². The summed E-state index contributed by atoms with van der Waals surface area (Å²) >= 11 is 1.76. The van der Waals surface area contributed by atoms with E-state index in [9.17, 15) is 4.79 Å². The van der Waals surface area contributed by atoms with Crippen molar-refractivity contribution in [1.82, 2.24) is 0 Å². The van der Waals surface area contributed by atoms with Gasteiger partial charge in [-0.25, -0.2) is 0 Å². The normalized spacial score (nSPS) is 21.8. The van der Waals surface area contributed by atoms with E-state index in [0.29, 0.717) is 6.61 Å². The van der Waals surface area contributed by atoms with Gasteiger partial charge in [0.2, 0.25) is 0 Å². The molecule has 1 aliphatic rings. The minimum absolute atomic E-state index is 0.00148. The summed E-state index contributed by atoms with van der Waals surface area (Å²) in [6.45, 7) is 0.491. The molecule has 0 spiro atoms. The van der Waals surface area contributed by atoms with E-state index in [1.165, 1.54) is 5.56 Å². The minimum Gasteiger partial charge on any atom is -0.497 e. The highest BCUT2D eigenvalue weighted by molar-refractivity contribution is 7.98. The molecule has 20 heavy (non-hydrogen) atoms. The minimum atomic E-state index is -0.0886. The quantitative estimate of drug-likeness (QED) is 0.723. The molecule has 5 heteroatoms. The third-order valence-corrected chi connectivity index (χ3v) is 4.44. The van der Waals surface area contributed by atoms with Crippen molar-refractivity contribution in [3.8, 4) is 5.75 Å². The Balaban J connectivity index is 1.74. The number of carbonyl (C=O) groups excluding carboxylic acids is 1. The van der Waals surface area contributed by atoms with Gasteiger partial charge in [-0.05, 0) is 17.7 Å². The van der Waals surface area contributed by atoms with Gasteiger partial charge in [0, 0.05) is 25.0 Å². The van der Waals surface area contributed by atoms with Gasteiger partial charge in [0.15, 0.2) is 0 Å². The molecule has 1 aliphatic heterocycles. The lowest BCUT2D eigenvalue weighted by atomic mass is 10.1. The fourth-order valence-electron chi connectivity index (χ4n) is 2.19. The molecule has 1 heterocycles. The molecule has 0 saturated carbocycles. The fraction of sp³-hybridized carbons (Fsp3) is 0.533. The third-order valence-electron chi connectivity index (χ3n) is 3.26. The molecular formula is C15H20O4S. The second-order valence-electron chi connectivity index (χ2n) is 4.81. The number of thioether (sulfide) groups is 1. The smallest absolute Gasteiger partial charge is 0.310 e. The highest BCUT2D eigenvalue weighted by Gasteiger charge is 2.33. The maximum atomic E-state index is 11.7. The molecule has 2 atom stereocenters. The van der Waals surface area contributed by atoms with Crippen molar-refractivity contribution in [2.75, 3.05) is 26.6 Å². The van der Waals surface area contributed by atoms with Crippen molar-refractivity contribution in [1.29, 1.82) is 0 Å². The van der Waals surface area contributed by atoms with E-state index in [4.69, 9.17) is 14.2 Å². The van der Waals surface area contributed by atoms with Crippen molar-refractivity contribution in [2.45, 2.75) is 18.3 Å². The van der Waals surface area contributed by atoms with Gasteiger partial charge in [-0.1, -0.05) is 12.1 Å². The Hall–Kier alpha value is -1.20. The molecule has 1 aromatic rings. The van der Waals surface area contributed by atoms with Crippen LogP contribution in [0.1, 0.15) is 12.0 Å². The SMILES string of the molecule is COCC1CC(CSCc2ccc(OC)cc2)C(=O)O1. The number of cyclic esters (lactones) is 1. The first-order valence-electron chi connectivity index (χ1n) is 6.63. The number of hydrogen-bond acceptors (Lipinski definition) is 5. The van der Waals surface area contributed by atoms with E-state index in [1.807, 2.05) is 24.3 Å². The highest BCUT2D eigenvalue weighted by atomic mass is 32.2. The molecule has 110 valence electrons. The van der Waals surface area contributed by atoms with E-state index in [2.05, 4.69) is 0 Å². The first-order valence-corrected chi connectivity index (χ1v) is 7.78. The summed E-state index contributed by atoms with van der Waals surface area (Å²) in [5.41, 5.74) is 1.23. The molecule has 1 aromatic carbocycles. The Bertz CT molecular complexity index is 432. The molecular weight excluding hydrogens is 276 g/mol. The average molecular weight is 296 g/mol. The number of benzene rings is 1. The number of carbonyl (C=O) groups is 1. The van der Waals surface area contributed by atoms with Crippen LogP contribution in [0.5, 0.6) is 5.75 Å². The topological polar surface area (TPSA) is 44.8 Å². The molecule has 0 aromatic heterocycles. The molecule has 0 N–H and O–H groups in total. The first kappa shape index (κ1) is 15.2. The second-order valence-corrected chi connectivity index (χ2v) is 5.84. The van der Waals surface area contributed by atoms with Crippen molar-refractivity contribution in [2.24, 2.45) is 5.92 Å². The summed E-state index contributed by atoms with van der Waals surface area (Å²) in [5, 5.41) is 0. The Kier molecular flexibility index (Phi) is 5.73. The summed E-state index contributed by atoms with van der Waals surface area (Å²) in [7, 11) is 3.28. The van der Waals surface area contributed by atoms with E-state index >= 15 is 0 Å². The van der Waals surface area contributed by atoms with Crippen molar-refractivity contribution < 1.29 is 19.0 Å². The van der Waals surface area contributed by atoms with Crippen molar-refractivity contribution in [3.05, 3.63) is 29.8 Å². The molecule has 0 bridgehead atoms. The zero-order valence-corrected chi connectivity index (χ0v) is 12.7. The summed E-state index contributed by atoms with van der Waals surface area (Å²) in [6, 6.07) is 8.00. The fourth-order valence-corrected chi connectivity index (χ4v) is 3.29. The Morgan fingerprint density at radius 1 is 1.30 bits per heavy atom. The van der Waals surface area contributed by atoms with Crippen LogP contribution in [0, 0.1) is 5.92 Å². The summed E-state index contributed by atoms with van der Waals surface area (Å²) < 4.78 is 15.4. The molecule has 4 nitrogen and oxygen atoms in total. The second kappa shape index (κ2) is 7.55. The third kappa shape index (κ3) is 4.15. The largest absolute Gasteiger partial charge is 0.497 e. The number of esters is 1. The molecule has 1 saturated heterocycles. The monoisotopic (exact) mass is 296 g/mol. The lowest BCUT2D eigenvalue weighted by Crippen LogP contribution is -2.13. The maximum Gasteiger partial charge on any atom is 0.310 e. The van der Waals surface area contributed by atoms with E-state index in [-0.39, 0.29) is 18.0 Å². The zero-order valence-electron chi connectivity index (χ0n) is 11.8. The Labute approximate surface area is 123 Å². The van der Waals surface area contributed by atoms with Crippen LogP contribution < -0.4 is 4.74 Å². The van der Waals surface area contributed by atoms with Crippen LogP contribution in [-0.4, -0.2) is 38.7 Å². The van der Waals surface area contributed by atoms with Gasteiger partial charge in [0.1, 0.15) is 11.9 Å². The number of ether oxygens (including phenoxy) is 3. The summed E-state index contributed by atoms with van der Waals surface area (Å²) in [5.74, 6) is 2.46. The van der Waals surface area contributed by atoms with Crippen LogP contribution in [0.4, 0.5) is 0 Å². The lowest BCUT2D eigenvalue weighted by Gasteiger charge is -2.06. The van der Waals surface area contributed by atoms with Gasteiger partial charge >= 0.3 is 5.97 Å².